The van der Waals surface area contributed by atoms with E-state index in [1.165, 1.54) is 0 Å². The molecule has 0 aromatic rings. The molecule has 0 atom stereocenters. The molecule has 0 spiro atoms. The molecule has 1 saturated heterocycles. The van der Waals surface area contributed by atoms with Crippen LogP contribution >= 0.6 is 0 Å². The van der Waals surface area contributed by atoms with Crippen LogP contribution in [0.3, 0.4) is 0 Å². The van der Waals surface area contributed by atoms with Gasteiger partial charge in [0.1, 0.15) is 0 Å². The summed E-state index contributed by atoms with van der Waals surface area (Å²) in [5, 5.41) is 0. The van der Waals surface area contributed by atoms with Crippen molar-refractivity contribution in [1.82, 2.24) is 0 Å². The normalized spacial score (nSPS) is 22.7. The molecule has 111 valence electrons. The molecule has 19 heavy (non-hydrogen) atoms. The Morgan fingerprint density at radius 2 is 0.842 bits per heavy atom. The Balaban J connectivity index is 0.00000324. The maximum atomic E-state index is 5.32. The quantitative estimate of drug-likeness (QED) is 0.583. The van der Waals surface area contributed by atoms with Gasteiger partial charge in [0, 0.05) is 39.3 Å². The largest absolute Gasteiger partial charge is 0.548 e. The van der Waals surface area contributed by atoms with Gasteiger partial charge in [-0.05, 0) is 0 Å². The van der Waals surface area contributed by atoms with Crippen molar-refractivity contribution < 1.29 is 61.1 Å². The van der Waals surface area contributed by atoms with Gasteiger partial charge in [-0.25, -0.2) is 0 Å². The monoisotopic (exact) mass is 352 g/mol. The van der Waals surface area contributed by atoms with Gasteiger partial charge in [-0.1, -0.05) is 6.61 Å². The Labute approximate surface area is 140 Å². The maximum absolute atomic E-state index is 5.32. The minimum absolute atomic E-state index is 0. The number of hydrogen-bond donors (Lipinski definition) is 0. The van der Waals surface area contributed by atoms with Gasteiger partial charge in [-0.2, -0.15) is 6.61 Å². The number of rotatable bonds is 0. The van der Waals surface area contributed by atoms with E-state index in [1.54, 1.807) is 6.61 Å². The first-order chi connectivity index (χ1) is 9.00. The molecule has 1 aliphatic heterocycles. The van der Waals surface area contributed by atoms with Gasteiger partial charge >= 0.3 is 0 Å². The van der Waals surface area contributed by atoms with Crippen LogP contribution in [-0.2, 0) is 61.1 Å². The molecule has 1 aliphatic rings. The Morgan fingerprint density at radius 1 is 0.474 bits per heavy atom. The Morgan fingerprint density at radius 3 is 1.32 bits per heavy atom. The molecule has 0 aliphatic carbocycles. The van der Waals surface area contributed by atoms with Gasteiger partial charge in [0.25, 0.3) is 0 Å². The van der Waals surface area contributed by atoms with E-state index in [9.17, 15) is 0 Å². The van der Waals surface area contributed by atoms with E-state index in [4.69, 9.17) is 28.4 Å². The van der Waals surface area contributed by atoms with Crippen molar-refractivity contribution in [3.05, 3.63) is 6.61 Å². The fourth-order valence-corrected chi connectivity index (χ4v) is 1.25. The molecule has 0 aromatic carbocycles. The summed E-state index contributed by atoms with van der Waals surface area (Å²) in [5.41, 5.74) is 0. The van der Waals surface area contributed by atoms with Gasteiger partial charge in [0.05, 0.1) is 59.5 Å². The third-order valence-corrected chi connectivity index (χ3v) is 2.14. The summed E-state index contributed by atoms with van der Waals surface area (Å²) in [6, 6.07) is 0. The van der Waals surface area contributed by atoms with Crippen LogP contribution in [0.2, 0.25) is 0 Å². The molecule has 0 amide bonds. The van der Waals surface area contributed by atoms with Gasteiger partial charge in [-0.15, -0.1) is 0 Å². The summed E-state index contributed by atoms with van der Waals surface area (Å²) in [6.07, 6.45) is 0. The fourth-order valence-electron chi connectivity index (χ4n) is 1.25. The third-order valence-electron chi connectivity index (χ3n) is 2.14. The van der Waals surface area contributed by atoms with Crippen molar-refractivity contribution in [3.8, 4) is 0 Å². The smallest absolute Gasteiger partial charge is 0.0701 e. The van der Waals surface area contributed by atoms with E-state index in [0.717, 1.165) is 0 Å². The van der Waals surface area contributed by atoms with Crippen LogP contribution in [0.5, 0.6) is 0 Å². The van der Waals surface area contributed by atoms with Crippen LogP contribution in [0.25, 0.3) is 0 Å². The molecule has 0 saturated carbocycles. The summed E-state index contributed by atoms with van der Waals surface area (Å²) in [5.74, 6) is 0. The van der Waals surface area contributed by atoms with Crippen LogP contribution in [0.1, 0.15) is 0 Å². The average Bonchev–Trinajstić information content (AvgIpc) is 2.39. The average molecular weight is 352 g/mol. The Kier molecular flexibility index (Phi) is 17.7. The van der Waals surface area contributed by atoms with E-state index in [0.29, 0.717) is 72.7 Å². The van der Waals surface area contributed by atoms with Crippen molar-refractivity contribution in [3.63, 3.8) is 0 Å². The first-order valence-electron chi connectivity index (χ1n) is 6.32. The standard InChI is InChI=1S/C12H23O6.Y/c1-2-14-5-6-16-9-10-18-12-11-17-8-7-15-4-3-13-1;/h1H,2-12H2;/q-1;. The Bertz CT molecular complexity index is 97.2. The molecule has 0 bridgehead atoms. The van der Waals surface area contributed by atoms with Crippen LogP contribution in [0, 0.1) is 6.61 Å². The number of ether oxygens (including phenoxy) is 6. The van der Waals surface area contributed by atoms with E-state index in [2.05, 4.69) is 0 Å². The molecule has 1 rings (SSSR count). The van der Waals surface area contributed by atoms with Gasteiger partial charge in [-0.3, -0.25) is 0 Å². The molecule has 0 unspecified atom stereocenters. The van der Waals surface area contributed by atoms with Crippen molar-refractivity contribution in [1.29, 1.82) is 0 Å². The molecule has 1 heterocycles. The van der Waals surface area contributed by atoms with Crippen LogP contribution in [0.15, 0.2) is 0 Å². The number of hydrogen-bond acceptors (Lipinski definition) is 6. The van der Waals surface area contributed by atoms with Crippen molar-refractivity contribution in [2.45, 2.75) is 0 Å². The second kappa shape index (κ2) is 16.9. The fraction of sp³-hybridized carbons (Fsp3) is 0.917. The van der Waals surface area contributed by atoms with E-state index in [-0.39, 0.29) is 32.7 Å². The van der Waals surface area contributed by atoms with Crippen molar-refractivity contribution >= 4 is 0 Å². The van der Waals surface area contributed by atoms with Crippen molar-refractivity contribution in [2.24, 2.45) is 0 Å². The van der Waals surface area contributed by atoms with Crippen LogP contribution in [0.4, 0.5) is 0 Å². The summed E-state index contributed by atoms with van der Waals surface area (Å²) >= 11 is 0. The molecule has 1 fully saturated rings. The topological polar surface area (TPSA) is 55.4 Å². The predicted octanol–water partition coefficient (Wildman–Crippen LogP) is 0.259. The van der Waals surface area contributed by atoms with Gasteiger partial charge < -0.3 is 28.4 Å². The summed E-state index contributed by atoms with van der Waals surface area (Å²) in [7, 11) is 0. The SMILES string of the molecule is [CH-]1COCCOCCOCCOCCOCCO1.[Y]. The Hall–Kier alpha value is 0.864. The van der Waals surface area contributed by atoms with E-state index in [1.807, 2.05) is 0 Å². The van der Waals surface area contributed by atoms with Crippen LogP contribution in [-0.4, -0.2) is 72.7 Å². The first-order valence-corrected chi connectivity index (χ1v) is 6.32. The molecule has 0 N–H and O–H groups in total. The molecule has 0 aromatic heterocycles. The van der Waals surface area contributed by atoms with E-state index < -0.39 is 0 Å². The molecular weight excluding hydrogens is 329 g/mol. The zero-order chi connectivity index (χ0) is 12.7. The minimum Gasteiger partial charge on any atom is -0.548 e. The zero-order valence-corrected chi connectivity index (χ0v) is 14.2. The maximum Gasteiger partial charge on any atom is 0.0701 e. The van der Waals surface area contributed by atoms with Gasteiger partial charge in [0.15, 0.2) is 0 Å². The zero-order valence-electron chi connectivity index (χ0n) is 11.4. The van der Waals surface area contributed by atoms with Crippen molar-refractivity contribution in [2.75, 3.05) is 72.7 Å². The second-order valence-electron chi connectivity index (χ2n) is 3.56. The molecule has 6 nitrogen and oxygen atoms in total. The minimum atomic E-state index is 0. The first kappa shape index (κ1) is 19.9. The molecule has 7 heteroatoms. The third kappa shape index (κ3) is 15.1. The molecule has 1 radical (unpaired) electrons. The summed E-state index contributed by atoms with van der Waals surface area (Å²) in [4.78, 5) is 0. The van der Waals surface area contributed by atoms with Crippen LogP contribution < -0.4 is 0 Å². The summed E-state index contributed by atoms with van der Waals surface area (Å²) in [6.45, 7) is 7.76. The second-order valence-corrected chi connectivity index (χ2v) is 3.56. The van der Waals surface area contributed by atoms with E-state index >= 15 is 0 Å². The molecular formula is C12H23O6Y-. The summed E-state index contributed by atoms with van der Waals surface area (Å²) < 4.78 is 31.7. The predicted molar refractivity (Wildman–Crippen MR) is 64.3 cm³/mol. The van der Waals surface area contributed by atoms with Gasteiger partial charge in [0.2, 0.25) is 0 Å².